The first-order chi connectivity index (χ1) is 7.00. The van der Waals surface area contributed by atoms with Gasteiger partial charge in [-0.3, -0.25) is 14.4 Å². The van der Waals surface area contributed by atoms with Crippen LogP contribution in [0, 0.1) is 0 Å². The van der Waals surface area contributed by atoms with Gasteiger partial charge in [0, 0.05) is 7.11 Å². The van der Waals surface area contributed by atoms with Crippen LogP contribution in [0.2, 0.25) is 0 Å². The van der Waals surface area contributed by atoms with Crippen molar-refractivity contribution in [3.8, 4) is 0 Å². The van der Waals surface area contributed by atoms with Gasteiger partial charge in [-0.05, 0) is 0 Å². The Balaban J connectivity index is 5.39. The summed E-state index contributed by atoms with van der Waals surface area (Å²) >= 11 is 0. The molecule has 0 saturated heterocycles. The van der Waals surface area contributed by atoms with E-state index in [-0.39, 0.29) is 0 Å². The van der Waals surface area contributed by atoms with Gasteiger partial charge in [-0.15, -0.1) is 0 Å². The van der Waals surface area contributed by atoms with E-state index >= 15 is 0 Å². The van der Waals surface area contributed by atoms with Crippen LogP contribution < -0.4 is 0 Å². The minimum Gasteiger partial charge on any atom is -0.470 e. The van der Waals surface area contributed by atoms with Crippen molar-refractivity contribution >= 4 is 25.1 Å². The number of ether oxygens (including phenoxy) is 3. The van der Waals surface area contributed by atoms with Gasteiger partial charge in [-0.1, -0.05) is 0 Å². The van der Waals surface area contributed by atoms with Crippen LogP contribution in [-0.2, 0) is 18.6 Å². The first-order valence-corrected chi connectivity index (χ1v) is 5.72. The standard InChI is InChI=1S/C7H12O7Si/c1-11-5(8)15(14-4,6(9)12-2)7(10)13-3/h1-4H3. The Morgan fingerprint density at radius 1 is 0.733 bits per heavy atom. The summed E-state index contributed by atoms with van der Waals surface area (Å²) in [7, 11) is -0.000370. The molecule has 7 nitrogen and oxygen atoms in total. The van der Waals surface area contributed by atoms with E-state index in [1.165, 1.54) is 0 Å². The zero-order valence-corrected chi connectivity index (χ0v) is 9.86. The maximum Gasteiger partial charge on any atom is 0.556 e. The third kappa shape index (κ3) is 2.15. The summed E-state index contributed by atoms with van der Waals surface area (Å²) in [4.78, 5) is 34.1. The molecule has 0 aliphatic heterocycles. The minimum absolute atomic E-state index is 1.04. The van der Waals surface area contributed by atoms with E-state index in [1.54, 1.807) is 0 Å². The van der Waals surface area contributed by atoms with Crippen LogP contribution in [0.25, 0.3) is 0 Å². The summed E-state index contributed by atoms with van der Waals surface area (Å²) in [6.45, 7) is 0. The SMILES string of the molecule is COC(=O)[Si](OC)(C(=O)OC)C(=O)OC. The highest BCUT2D eigenvalue weighted by Crippen LogP contribution is 2.14. The second kappa shape index (κ2) is 5.46. The predicted molar refractivity (Wildman–Crippen MR) is 50.0 cm³/mol. The number of carbonyl (C=O) groups is 3. The van der Waals surface area contributed by atoms with E-state index in [0.717, 1.165) is 28.4 Å². The van der Waals surface area contributed by atoms with Gasteiger partial charge in [0.25, 0.3) is 0 Å². The summed E-state index contributed by atoms with van der Waals surface area (Å²) < 4.78 is 17.8. The molecule has 8 heteroatoms. The summed E-state index contributed by atoms with van der Waals surface area (Å²) in [5.74, 6) is 0. The summed E-state index contributed by atoms with van der Waals surface area (Å²) in [5.41, 5.74) is -3.20. The molecule has 0 aromatic heterocycles. The van der Waals surface area contributed by atoms with E-state index in [4.69, 9.17) is 4.43 Å². The molecule has 0 aliphatic carbocycles. The molecular weight excluding hydrogens is 224 g/mol. The Morgan fingerprint density at radius 2 is 1.00 bits per heavy atom. The molecule has 0 rings (SSSR count). The normalized spacial score (nSPS) is 10.4. The van der Waals surface area contributed by atoms with Crippen LogP contribution in [0.5, 0.6) is 0 Å². The van der Waals surface area contributed by atoms with Crippen LogP contribution in [-0.4, -0.2) is 53.5 Å². The fourth-order valence-corrected chi connectivity index (χ4v) is 2.79. The maximum atomic E-state index is 11.4. The molecule has 0 saturated carbocycles. The van der Waals surface area contributed by atoms with Crippen LogP contribution in [0.1, 0.15) is 0 Å². The lowest BCUT2D eigenvalue weighted by atomic mass is 11.4. The maximum absolute atomic E-state index is 11.4. The van der Waals surface area contributed by atoms with Gasteiger partial charge >= 0.3 is 25.1 Å². The molecule has 15 heavy (non-hydrogen) atoms. The molecule has 0 atom stereocenters. The molecule has 0 aliphatic rings. The molecule has 0 aromatic rings. The number of carbonyl (C=O) groups excluding carboxylic acids is 3. The second-order valence-electron chi connectivity index (χ2n) is 2.36. The summed E-state index contributed by atoms with van der Waals surface area (Å²) in [5, 5.41) is 0. The van der Waals surface area contributed by atoms with Crippen molar-refractivity contribution in [2.45, 2.75) is 0 Å². The number of hydrogen-bond acceptors (Lipinski definition) is 7. The zero-order chi connectivity index (χ0) is 12.1. The highest BCUT2D eigenvalue weighted by molar-refractivity contribution is 7.35. The number of rotatable bonds is 4. The van der Waals surface area contributed by atoms with Crippen LogP contribution in [0.4, 0.5) is 14.4 Å². The van der Waals surface area contributed by atoms with Gasteiger partial charge in [-0.2, -0.15) is 0 Å². The molecule has 0 spiro atoms. The zero-order valence-electron chi connectivity index (χ0n) is 8.86. The predicted octanol–water partition coefficient (Wildman–Crippen LogP) is 0.623. The largest absolute Gasteiger partial charge is 0.556 e. The third-order valence-electron chi connectivity index (χ3n) is 1.72. The lowest BCUT2D eigenvalue weighted by molar-refractivity contribution is 0.162. The van der Waals surface area contributed by atoms with Gasteiger partial charge in [0.05, 0.1) is 21.3 Å². The van der Waals surface area contributed by atoms with Gasteiger partial charge in [0.1, 0.15) is 0 Å². The lowest BCUT2D eigenvalue weighted by Crippen LogP contribution is -2.61. The first-order valence-electron chi connectivity index (χ1n) is 3.81. The highest BCUT2D eigenvalue weighted by Gasteiger charge is 2.64. The first kappa shape index (κ1) is 13.6. The molecular formula is C7H12O7Si. The molecule has 0 heterocycles. The van der Waals surface area contributed by atoms with Crippen LogP contribution >= 0.6 is 0 Å². The Hall–Kier alpha value is -1.41. The lowest BCUT2D eigenvalue weighted by Gasteiger charge is -2.19. The second-order valence-corrected chi connectivity index (χ2v) is 5.36. The summed E-state index contributed by atoms with van der Waals surface area (Å²) in [6.07, 6.45) is 0. The van der Waals surface area contributed by atoms with Crippen molar-refractivity contribution in [2.75, 3.05) is 28.4 Å². The summed E-state index contributed by atoms with van der Waals surface area (Å²) in [6, 6.07) is 0. The molecule has 0 fully saturated rings. The Kier molecular flexibility index (Phi) is 4.95. The van der Waals surface area contributed by atoms with Crippen molar-refractivity contribution in [3.05, 3.63) is 0 Å². The van der Waals surface area contributed by atoms with E-state index in [9.17, 15) is 14.4 Å². The molecule has 0 N–H and O–H groups in total. The smallest absolute Gasteiger partial charge is 0.470 e. The molecule has 86 valence electrons. The topological polar surface area (TPSA) is 88.1 Å². The fraction of sp³-hybridized carbons (Fsp3) is 0.571. The van der Waals surface area contributed by atoms with Gasteiger partial charge in [0.2, 0.25) is 0 Å². The van der Waals surface area contributed by atoms with Gasteiger partial charge in [-0.25, -0.2) is 0 Å². The van der Waals surface area contributed by atoms with Gasteiger partial charge in [0.15, 0.2) is 0 Å². The molecule has 0 aromatic carbocycles. The van der Waals surface area contributed by atoms with E-state index in [1.807, 2.05) is 0 Å². The van der Waals surface area contributed by atoms with E-state index in [0.29, 0.717) is 0 Å². The van der Waals surface area contributed by atoms with E-state index in [2.05, 4.69) is 14.2 Å². The average molecular weight is 236 g/mol. The van der Waals surface area contributed by atoms with Crippen molar-refractivity contribution in [1.29, 1.82) is 0 Å². The molecule has 0 bridgehead atoms. The van der Waals surface area contributed by atoms with Crippen molar-refractivity contribution < 1.29 is 33.0 Å². The third-order valence-corrected chi connectivity index (χ3v) is 4.67. The van der Waals surface area contributed by atoms with Crippen LogP contribution in [0.3, 0.4) is 0 Å². The fourth-order valence-electron chi connectivity index (χ4n) is 0.931. The number of hydrogen-bond donors (Lipinski definition) is 0. The Morgan fingerprint density at radius 3 is 1.13 bits per heavy atom. The Bertz CT molecular complexity index is 234. The highest BCUT2D eigenvalue weighted by atomic mass is 28.4. The van der Waals surface area contributed by atoms with Crippen molar-refractivity contribution in [2.24, 2.45) is 0 Å². The average Bonchev–Trinajstić information content (AvgIpc) is 2.29. The van der Waals surface area contributed by atoms with Gasteiger partial charge < -0.3 is 18.6 Å². The minimum atomic E-state index is -4.16. The molecule has 0 amide bonds. The molecule has 0 unspecified atom stereocenters. The monoisotopic (exact) mass is 236 g/mol. The number of methoxy groups -OCH3 is 3. The Labute approximate surface area is 87.4 Å². The molecule has 0 radical (unpaired) electrons. The van der Waals surface area contributed by atoms with Crippen molar-refractivity contribution in [1.82, 2.24) is 0 Å². The van der Waals surface area contributed by atoms with Crippen molar-refractivity contribution in [3.63, 3.8) is 0 Å². The quantitative estimate of drug-likeness (QED) is 0.522. The van der Waals surface area contributed by atoms with Crippen LogP contribution in [0.15, 0.2) is 0 Å². The van der Waals surface area contributed by atoms with E-state index < -0.39 is 25.1 Å².